The second-order valence-corrected chi connectivity index (χ2v) is 7.11. The highest BCUT2D eigenvalue weighted by Gasteiger charge is 2.17. The van der Waals surface area contributed by atoms with Crippen molar-refractivity contribution in [3.8, 4) is 11.8 Å². The smallest absolute Gasteiger partial charge is 0.220 e. The summed E-state index contributed by atoms with van der Waals surface area (Å²) in [6.07, 6.45) is 0. The number of hydrogen-bond acceptors (Lipinski definition) is 2. The number of nitrogens with zero attached hydrogens (tertiary/aromatic N) is 4. The van der Waals surface area contributed by atoms with Crippen LogP contribution in [0.25, 0.3) is 33.5 Å². The topological polar surface area (TPSA) is 46.0 Å². The van der Waals surface area contributed by atoms with E-state index >= 15 is 0 Å². The Bertz CT molecular complexity index is 1320. The highest BCUT2D eigenvalue weighted by atomic mass is 127. The number of aromatic nitrogens is 3. The van der Waals surface area contributed by atoms with E-state index in [0.29, 0.717) is 5.56 Å². The highest BCUT2D eigenvalue weighted by molar-refractivity contribution is 14.1. The molecule has 4 nitrogen and oxygen atoms in total. The van der Waals surface area contributed by atoms with Gasteiger partial charge in [0.1, 0.15) is 0 Å². The average Bonchev–Trinajstić information content (AvgIpc) is 3.16. The lowest BCUT2D eigenvalue weighted by Gasteiger charge is -2.05. The van der Waals surface area contributed by atoms with Gasteiger partial charge in [0.05, 0.1) is 39.4 Å². The van der Waals surface area contributed by atoms with E-state index in [1.54, 1.807) is 0 Å². The van der Waals surface area contributed by atoms with Gasteiger partial charge >= 0.3 is 0 Å². The van der Waals surface area contributed by atoms with Gasteiger partial charge in [-0.1, -0.05) is 18.2 Å². The van der Waals surface area contributed by atoms with E-state index in [-0.39, 0.29) is 0 Å². The van der Waals surface area contributed by atoms with E-state index in [0.717, 1.165) is 33.5 Å². The van der Waals surface area contributed by atoms with Crippen LogP contribution >= 0.6 is 22.6 Å². The molecule has 2 aromatic heterocycles. The standard InChI is InChI=1S/C20H11IN4/c21-14-8-9-18-19(11-14)25-17-7-2-1-6-16(17)23-20(25)24(18)15-5-3-4-13(10-15)12-22/h1-11H. The molecule has 0 aliphatic rings. The molecular formula is C20H11IN4. The molecule has 0 aliphatic carbocycles. The van der Waals surface area contributed by atoms with E-state index in [2.05, 4.69) is 61.9 Å². The van der Waals surface area contributed by atoms with Crippen LogP contribution in [0.4, 0.5) is 0 Å². The zero-order valence-corrected chi connectivity index (χ0v) is 15.2. The van der Waals surface area contributed by atoms with Crippen molar-refractivity contribution >= 4 is 50.4 Å². The fourth-order valence-corrected chi connectivity index (χ4v) is 3.82. The van der Waals surface area contributed by atoms with Gasteiger partial charge in [-0.25, -0.2) is 4.98 Å². The van der Waals surface area contributed by atoms with E-state index in [9.17, 15) is 5.26 Å². The molecule has 0 bridgehead atoms. The number of imidazole rings is 2. The highest BCUT2D eigenvalue weighted by Crippen LogP contribution is 2.30. The fraction of sp³-hybridized carbons (Fsp3) is 0. The Morgan fingerprint density at radius 3 is 2.64 bits per heavy atom. The minimum absolute atomic E-state index is 0.638. The molecule has 0 amide bonds. The molecule has 0 spiro atoms. The van der Waals surface area contributed by atoms with Crippen molar-refractivity contribution in [2.75, 3.05) is 0 Å². The Hall–Kier alpha value is -2.85. The first-order valence-corrected chi connectivity index (χ1v) is 8.92. The summed E-state index contributed by atoms with van der Waals surface area (Å²) >= 11 is 2.33. The second-order valence-electron chi connectivity index (χ2n) is 5.87. The molecule has 5 rings (SSSR count). The van der Waals surface area contributed by atoms with E-state index in [1.165, 1.54) is 3.57 Å². The number of nitriles is 1. The monoisotopic (exact) mass is 434 g/mol. The maximum atomic E-state index is 9.26. The van der Waals surface area contributed by atoms with Gasteiger partial charge in [0.2, 0.25) is 5.78 Å². The Balaban J connectivity index is 2.01. The van der Waals surface area contributed by atoms with Gasteiger partial charge in [-0.15, -0.1) is 0 Å². The van der Waals surface area contributed by atoms with Crippen LogP contribution in [0.15, 0.2) is 66.7 Å². The number of fused-ring (bicyclic) bond motifs is 5. The molecule has 3 aromatic carbocycles. The minimum Gasteiger partial charge on any atom is -0.278 e. The molecule has 0 aliphatic heterocycles. The molecule has 0 saturated carbocycles. The van der Waals surface area contributed by atoms with Gasteiger partial charge in [-0.3, -0.25) is 8.97 Å². The van der Waals surface area contributed by atoms with Crippen LogP contribution in [-0.4, -0.2) is 14.0 Å². The van der Waals surface area contributed by atoms with Crippen LogP contribution in [0.1, 0.15) is 5.56 Å². The summed E-state index contributed by atoms with van der Waals surface area (Å²) in [5.41, 5.74) is 5.81. The first kappa shape index (κ1) is 14.5. The van der Waals surface area contributed by atoms with Gasteiger partial charge in [0.15, 0.2) is 0 Å². The van der Waals surface area contributed by atoms with Gasteiger partial charge in [0, 0.05) is 3.57 Å². The average molecular weight is 434 g/mol. The number of para-hydroxylation sites is 2. The van der Waals surface area contributed by atoms with Crippen molar-refractivity contribution in [2.45, 2.75) is 0 Å². The Morgan fingerprint density at radius 2 is 1.76 bits per heavy atom. The van der Waals surface area contributed by atoms with Gasteiger partial charge in [-0.2, -0.15) is 5.26 Å². The van der Waals surface area contributed by atoms with Crippen LogP contribution in [-0.2, 0) is 0 Å². The number of hydrogen-bond donors (Lipinski definition) is 0. The molecule has 0 atom stereocenters. The quantitative estimate of drug-likeness (QED) is 0.352. The van der Waals surface area contributed by atoms with E-state index in [4.69, 9.17) is 4.98 Å². The van der Waals surface area contributed by atoms with Crippen molar-refractivity contribution in [2.24, 2.45) is 0 Å². The summed E-state index contributed by atoms with van der Waals surface area (Å²) in [5, 5.41) is 9.26. The normalized spacial score (nSPS) is 11.4. The van der Waals surface area contributed by atoms with Crippen LogP contribution < -0.4 is 0 Å². The van der Waals surface area contributed by atoms with Crippen molar-refractivity contribution in [1.82, 2.24) is 14.0 Å². The zero-order chi connectivity index (χ0) is 17.0. The van der Waals surface area contributed by atoms with Crippen molar-refractivity contribution in [1.29, 1.82) is 5.26 Å². The number of rotatable bonds is 1. The Kier molecular flexibility index (Phi) is 3.09. The van der Waals surface area contributed by atoms with Crippen LogP contribution in [0, 0.1) is 14.9 Å². The fourth-order valence-electron chi connectivity index (χ4n) is 3.34. The van der Waals surface area contributed by atoms with E-state index < -0.39 is 0 Å². The molecule has 0 saturated heterocycles. The molecule has 25 heavy (non-hydrogen) atoms. The van der Waals surface area contributed by atoms with Crippen molar-refractivity contribution < 1.29 is 0 Å². The maximum Gasteiger partial charge on any atom is 0.220 e. The molecule has 5 heteroatoms. The lowest BCUT2D eigenvalue weighted by Crippen LogP contribution is -1.95. The lowest BCUT2D eigenvalue weighted by molar-refractivity contribution is 1.11. The molecule has 118 valence electrons. The molecule has 0 fully saturated rings. The van der Waals surface area contributed by atoms with Crippen molar-refractivity contribution in [3.05, 3.63) is 75.9 Å². The summed E-state index contributed by atoms with van der Waals surface area (Å²) in [4.78, 5) is 4.85. The lowest BCUT2D eigenvalue weighted by atomic mass is 10.2. The SMILES string of the molecule is N#Cc1cccc(-n2c3ccc(I)cc3n3c4ccccc4nc23)c1. The first-order chi connectivity index (χ1) is 12.3. The first-order valence-electron chi connectivity index (χ1n) is 7.84. The summed E-state index contributed by atoms with van der Waals surface area (Å²) in [6, 6.07) is 24.4. The molecular weight excluding hydrogens is 423 g/mol. The molecule has 2 heterocycles. The molecule has 0 N–H and O–H groups in total. The molecule has 0 radical (unpaired) electrons. The minimum atomic E-state index is 0.638. The predicted octanol–water partition coefficient (Wildman–Crippen LogP) is 4.91. The number of halogens is 1. The van der Waals surface area contributed by atoms with Gasteiger partial charge in [-0.05, 0) is 71.1 Å². The van der Waals surface area contributed by atoms with Crippen LogP contribution in [0.3, 0.4) is 0 Å². The second kappa shape index (κ2) is 5.33. The van der Waals surface area contributed by atoms with Crippen LogP contribution in [0.2, 0.25) is 0 Å². The third-order valence-electron chi connectivity index (χ3n) is 4.40. The predicted molar refractivity (Wildman–Crippen MR) is 107 cm³/mol. The summed E-state index contributed by atoms with van der Waals surface area (Å²) in [7, 11) is 0. The summed E-state index contributed by atoms with van der Waals surface area (Å²) in [6.45, 7) is 0. The third-order valence-corrected chi connectivity index (χ3v) is 5.07. The maximum absolute atomic E-state index is 9.26. The molecule has 5 aromatic rings. The Labute approximate surface area is 157 Å². The molecule has 0 unspecified atom stereocenters. The van der Waals surface area contributed by atoms with Crippen LogP contribution in [0.5, 0.6) is 0 Å². The van der Waals surface area contributed by atoms with Gasteiger partial charge < -0.3 is 0 Å². The number of benzene rings is 3. The summed E-state index contributed by atoms with van der Waals surface area (Å²) < 4.78 is 5.48. The third kappa shape index (κ3) is 2.07. The van der Waals surface area contributed by atoms with Gasteiger partial charge in [0.25, 0.3) is 0 Å². The zero-order valence-electron chi connectivity index (χ0n) is 13.0. The van der Waals surface area contributed by atoms with E-state index in [1.807, 2.05) is 42.5 Å². The summed E-state index contributed by atoms with van der Waals surface area (Å²) in [5.74, 6) is 0.855. The Morgan fingerprint density at radius 1 is 0.880 bits per heavy atom. The largest absolute Gasteiger partial charge is 0.278 e. The van der Waals surface area contributed by atoms with Crippen molar-refractivity contribution in [3.63, 3.8) is 0 Å².